The van der Waals surface area contributed by atoms with Gasteiger partial charge in [0.25, 0.3) is 5.56 Å². The van der Waals surface area contributed by atoms with E-state index in [1.54, 1.807) is 22.9 Å². The molecule has 29 heavy (non-hydrogen) atoms. The summed E-state index contributed by atoms with van der Waals surface area (Å²) in [7, 11) is 0. The van der Waals surface area contributed by atoms with Crippen LogP contribution in [-0.2, 0) is 22.5 Å². The molecule has 3 heterocycles. The van der Waals surface area contributed by atoms with Crippen LogP contribution in [0.1, 0.15) is 39.2 Å². The number of esters is 1. The Hall–Kier alpha value is -3.38. The molecule has 3 aromatic rings. The third-order valence-electron chi connectivity index (χ3n) is 4.73. The number of fused-ring (bicyclic) bond motifs is 2. The molecule has 1 aliphatic rings. The Kier molecular flexibility index (Phi) is 4.94. The van der Waals surface area contributed by atoms with E-state index in [0.717, 1.165) is 18.5 Å². The van der Waals surface area contributed by atoms with Crippen LogP contribution < -0.4 is 5.56 Å². The number of rotatable bonds is 5. The molecule has 4 rings (SSSR count). The summed E-state index contributed by atoms with van der Waals surface area (Å²) in [5.41, 5.74) is 1.23. The molecular formula is C20H16N4O4S. The minimum Gasteiger partial charge on any atom is -0.454 e. The number of carbonyl (C=O) groups excluding carboxylic acids is 2. The van der Waals surface area contributed by atoms with Crippen molar-refractivity contribution >= 4 is 34.0 Å². The van der Waals surface area contributed by atoms with Crippen molar-refractivity contribution in [2.75, 3.05) is 6.61 Å². The molecule has 0 bridgehead atoms. The second-order valence-electron chi connectivity index (χ2n) is 6.75. The standard InChI is InChI=1S/C20H16N4O4S/c1-11-10-29-18(22-11)14(8-21)16(25)9-28-20(27)12-4-5-13-15(7-12)23-17-3-2-6-24(17)19(13)26/h4-5,7,10,14H,2-3,6,9H2,1H3/t14-/m0/s1. The van der Waals surface area contributed by atoms with E-state index in [1.807, 2.05) is 6.07 Å². The molecule has 0 N–H and O–H groups in total. The van der Waals surface area contributed by atoms with Crippen molar-refractivity contribution in [2.24, 2.45) is 0 Å². The summed E-state index contributed by atoms with van der Waals surface area (Å²) in [5.74, 6) is -1.61. The number of benzene rings is 1. The van der Waals surface area contributed by atoms with Gasteiger partial charge in [-0.25, -0.2) is 14.8 Å². The Bertz CT molecular complexity index is 1240. The maximum Gasteiger partial charge on any atom is 0.338 e. The molecule has 1 aromatic carbocycles. The summed E-state index contributed by atoms with van der Waals surface area (Å²) in [4.78, 5) is 45.8. The SMILES string of the molecule is Cc1csc([C@@H](C#N)C(=O)COC(=O)c2ccc3c(=O)n4c(nc3c2)CCC4)n1. The quantitative estimate of drug-likeness (QED) is 0.594. The van der Waals surface area contributed by atoms with Gasteiger partial charge in [0.05, 0.1) is 22.5 Å². The van der Waals surface area contributed by atoms with Crippen molar-refractivity contribution in [3.8, 4) is 6.07 Å². The van der Waals surface area contributed by atoms with Gasteiger partial charge in [-0.2, -0.15) is 5.26 Å². The van der Waals surface area contributed by atoms with Crippen LogP contribution in [0.2, 0.25) is 0 Å². The maximum absolute atomic E-state index is 12.5. The molecule has 0 spiro atoms. The van der Waals surface area contributed by atoms with Crippen LogP contribution >= 0.6 is 11.3 Å². The van der Waals surface area contributed by atoms with Gasteiger partial charge in [0.2, 0.25) is 0 Å². The normalized spacial score (nSPS) is 13.7. The second-order valence-corrected chi connectivity index (χ2v) is 7.64. The number of aromatic nitrogens is 3. The smallest absolute Gasteiger partial charge is 0.338 e. The van der Waals surface area contributed by atoms with E-state index >= 15 is 0 Å². The zero-order valence-electron chi connectivity index (χ0n) is 15.5. The van der Waals surface area contributed by atoms with Gasteiger partial charge in [0, 0.05) is 24.0 Å². The highest BCUT2D eigenvalue weighted by atomic mass is 32.1. The Morgan fingerprint density at radius 1 is 1.38 bits per heavy atom. The largest absolute Gasteiger partial charge is 0.454 e. The summed E-state index contributed by atoms with van der Waals surface area (Å²) >= 11 is 1.22. The summed E-state index contributed by atoms with van der Waals surface area (Å²) in [6, 6.07) is 6.43. The van der Waals surface area contributed by atoms with Crippen molar-refractivity contribution in [1.82, 2.24) is 14.5 Å². The highest BCUT2D eigenvalue weighted by molar-refractivity contribution is 7.09. The highest BCUT2D eigenvalue weighted by Gasteiger charge is 2.25. The van der Waals surface area contributed by atoms with Crippen LogP contribution in [0.25, 0.3) is 10.9 Å². The minimum atomic E-state index is -1.07. The summed E-state index contributed by atoms with van der Waals surface area (Å²) in [6.45, 7) is 1.89. The molecule has 0 radical (unpaired) electrons. The number of ketones is 1. The zero-order valence-corrected chi connectivity index (χ0v) is 16.4. The highest BCUT2D eigenvalue weighted by Crippen LogP contribution is 2.21. The van der Waals surface area contributed by atoms with Crippen LogP contribution in [0.15, 0.2) is 28.4 Å². The van der Waals surface area contributed by atoms with Crippen molar-refractivity contribution in [2.45, 2.75) is 32.2 Å². The first-order chi connectivity index (χ1) is 14.0. The number of hydrogen-bond donors (Lipinski definition) is 0. The first-order valence-corrected chi connectivity index (χ1v) is 9.91. The lowest BCUT2D eigenvalue weighted by molar-refractivity contribution is -0.122. The topological polar surface area (TPSA) is 115 Å². The Labute approximate surface area is 169 Å². The first kappa shape index (κ1) is 19.0. The van der Waals surface area contributed by atoms with E-state index < -0.39 is 24.3 Å². The van der Waals surface area contributed by atoms with Crippen molar-refractivity contribution < 1.29 is 14.3 Å². The molecule has 146 valence electrons. The molecular weight excluding hydrogens is 392 g/mol. The monoisotopic (exact) mass is 408 g/mol. The molecule has 0 amide bonds. The number of hydrogen-bond acceptors (Lipinski definition) is 8. The van der Waals surface area contributed by atoms with E-state index in [0.29, 0.717) is 28.3 Å². The van der Waals surface area contributed by atoms with Gasteiger partial charge in [-0.3, -0.25) is 14.2 Å². The summed E-state index contributed by atoms with van der Waals surface area (Å²) in [5, 5.41) is 11.8. The van der Waals surface area contributed by atoms with Crippen LogP contribution in [0, 0.1) is 18.3 Å². The summed E-state index contributed by atoms with van der Waals surface area (Å²) < 4.78 is 6.75. The average Bonchev–Trinajstić information content (AvgIpc) is 3.35. The molecule has 0 saturated heterocycles. The lowest BCUT2D eigenvalue weighted by Crippen LogP contribution is -2.22. The number of thiazole rings is 1. The molecule has 0 aliphatic carbocycles. The third-order valence-corrected chi connectivity index (χ3v) is 5.76. The molecule has 1 aliphatic heterocycles. The minimum absolute atomic E-state index is 0.117. The lowest BCUT2D eigenvalue weighted by atomic mass is 10.1. The number of carbonyl (C=O) groups is 2. The zero-order chi connectivity index (χ0) is 20.5. The molecule has 1 atom stereocenters. The maximum atomic E-state index is 12.5. The van der Waals surface area contributed by atoms with Crippen molar-refractivity contribution in [3.63, 3.8) is 0 Å². The van der Waals surface area contributed by atoms with E-state index in [-0.39, 0.29) is 11.1 Å². The van der Waals surface area contributed by atoms with Crippen LogP contribution in [-0.4, -0.2) is 32.9 Å². The van der Waals surface area contributed by atoms with Crippen LogP contribution in [0.5, 0.6) is 0 Å². The Balaban J connectivity index is 1.50. The third kappa shape index (κ3) is 3.54. The predicted molar refractivity (Wildman–Crippen MR) is 105 cm³/mol. The lowest BCUT2D eigenvalue weighted by Gasteiger charge is -2.08. The number of nitriles is 1. The van der Waals surface area contributed by atoms with Gasteiger partial charge in [-0.1, -0.05) is 0 Å². The van der Waals surface area contributed by atoms with E-state index in [9.17, 15) is 19.6 Å². The fourth-order valence-corrected chi connectivity index (χ4v) is 4.14. The van der Waals surface area contributed by atoms with E-state index in [2.05, 4.69) is 9.97 Å². The van der Waals surface area contributed by atoms with Gasteiger partial charge < -0.3 is 4.74 Å². The van der Waals surface area contributed by atoms with Crippen molar-refractivity contribution in [3.05, 3.63) is 56.0 Å². The predicted octanol–water partition coefficient (Wildman–Crippen LogP) is 2.14. The number of ether oxygens (including phenoxy) is 1. The second kappa shape index (κ2) is 7.56. The van der Waals surface area contributed by atoms with Crippen LogP contribution in [0.4, 0.5) is 0 Å². The Morgan fingerprint density at radius 2 is 2.21 bits per heavy atom. The van der Waals surface area contributed by atoms with Gasteiger partial charge in [0.1, 0.15) is 10.8 Å². The first-order valence-electron chi connectivity index (χ1n) is 9.03. The molecule has 8 nitrogen and oxygen atoms in total. The van der Waals surface area contributed by atoms with Crippen molar-refractivity contribution in [1.29, 1.82) is 5.26 Å². The molecule has 0 saturated carbocycles. The van der Waals surface area contributed by atoms with E-state index in [4.69, 9.17) is 4.74 Å². The fraction of sp³-hybridized carbons (Fsp3) is 0.300. The average molecular weight is 408 g/mol. The van der Waals surface area contributed by atoms with Crippen LogP contribution in [0.3, 0.4) is 0 Å². The number of Topliss-reactive ketones (excluding diaryl/α,β-unsaturated/α-hetero) is 1. The van der Waals surface area contributed by atoms with Gasteiger partial charge >= 0.3 is 5.97 Å². The molecule has 2 aromatic heterocycles. The molecule has 0 fully saturated rings. The van der Waals surface area contributed by atoms with E-state index in [1.165, 1.54) is 23.5 Å². The summed E-state index contributed by atoms with van der Waals surface area (Å²) in [6.07, 6.45) is 1.59. The number of nitrogens with zero attached hydrogens (tertiary/aromatic N) is 4. The fourth-order valence-electron chi connectivity index (χ4n) is 3.28. The van der Waals surface area contributed by atoms with Gasteiger partial charge in [-0.15, -0.1) is 11.3 Å². The number of aryl methyl sites for hydroxylation is 2. The molecule has 9 heteroatoms. The van der Waals surface area contributed by atoms with Gasteiger partial charge in [0.15, 0.2) is 18.3 Å². The molecule has 0 unspecified atom stereocenters. The van der Waals surface area contributed by atoms with Gasteiger partial charge in [-0.05, 0) is 31.5 Å². The Morgan fingerprint density at radius 3 is 2.93 bits per heavy atom.